The summed E-state index contributed by atoms with van der Waals surface area (Å²) in [6.07, 6.45) is -0.129. The third kappa shape index (κ3) is 5.65. The van der Waals surface area contributed by atoms with E-state index in [-0.39, 0.29) is 17.9 Å². The van der Waals surface area contributed by atoms with E-state index >= 15 is 0 Å². The van der Waals surface area contributed by atoms with Gasteiger partial charge in [0.25, 0.3) is 0 Å². The molecule has 0 saturated carbocycles. The number of benzene rings is 1. The highest BCUT2D eigenvalue weighted by Gasteiger charge is 2.25. The number of nitrogens with one attached hydrogen (secondary N) is 1. The van der Waals surface area contributed by atoms with E-state index in [9.17, 15) is 13.6 Å². The second-order valence-corrected chi connectivity index (χ2v) is 5.96. The predicted octanol–water partition coefficient (Wildman–Crippen LogP) is 3.03. The molecule has 1 N–H and O–H groups in total. The molecule has 1 rings (SSSR count). The van der Waals surface area contributed by atoms with E-state index in [0.717, 1.165) is 6.07 Å². The molecule has 3 nitrogen and oxygen atoms in total. The van der Waals surface area contributed by atoms with Gasteiger partial charge >= 0.3 is 0 Å². The topological polar surface area (TPSA) is 38.3 Å². The minimum absolute atomic E-state index is 0.0111. The molecule has 0 heterocycles. The van der Waals surface area contributed by atoms with Crippen molar-refractivity contribution in [1.82, 2.24) is 5.32 Å². The van der Waals surface area contributed by atoms with Gasteiger partial charge in [0.2, 0.25) is 5.91 Å². The molecule has 0 spiro atoms. The molecule has 1 atom stereocenters. The standard InChI is InChI=1S/C15H21F2NO2/c1-15(2,3)8-13(14(19)18-4)20-9-10-5-11(16)7-12(17)6-10/h5-7,13H,8-9H2,1-4H3,(H,18,19). The van der Waals surface area contributed by atoms with E-state index in [4.69, 9.17) is 4.74 Å². The van der Waals surface area contributed by atoms with Crippen LogP contribution in [0.3, 0.4) is 0 Å². The molecule has 0 bridgehead atoms. The molecule has 5 heteroatoms. The zero-order valence-electron chi connectivity index (χ0n) is 12.3. The quantitative estimate of drug-likeness (QED) is 0.903. The lowest BCUT2D eigenvalue weighted by atomic mass is 9.89. The van der Waals surface area contributed by atoms with Gasteiger partial charge in [-0.3, -0.25) is 4.79 Å². The van der Waals surface area contributed by atoms with Crippen molar-refractivity contribution in [3.8, 4) is 0 Å². The molecule has 0 radical (unpaired) electrons. The molecule has 0 fully saturated rings. The number of ether oxygens (including phenoxy) is 1. The zero-order valence-corrected chi connectivity index (χ0v) is 12.3. The lowest BCUT2D eigenvalue weighted by Gasteiger charge is -2.25. The van der Waals surface area contributed by atoms with E-state index in [1.54, 1.807) is 0 Å². The van der Waals surface area contributed by atoms with Crippen molar-refractivity contribution in [3.05, 3.63) is 35.4 Å². The molecule has 20 heavy (non-hydrogen) atoms. The maximum Gasteiger partial charge on any atom is 0.248 e. The molecule has 0 aliphatic rings. The minimum Gasteiger partial charge on any atom is -0.364 e. The van der Waals surface area contributed by atoms with Crippen LogP contribution in [0.2, 0.25) is 0 Å². The second kappa shape index (κ2) is 6.79. The van der Waals surface area contributed by atoms with Gasteiger partial charge in [-0.25, -0.2) is 8.78 Å². The third-order valence-electron chi connectivity index (χ3n) is 2.71. The predicted molar refractivity (Wildman–Crippen MR) is 73.1 cm³/mol. The van der Waals surface area contributed by atoms with Crippen LogP contribution in [0.5, 0.6) is 0 Å². The normalized spacial score (nSPS) is 13.1. The number of rotatable bonds is 5. The summed E-state index contributed by atoms with van der Waals surface area (Å²) in [5.41, 5.74) is 0.273. The van der Waals surface area contributed by atoms with Crippen molar-refractivity contribution in [3.63, 3.8) is 0 Å². The largest absolute Gasteiger partial charge is 0.364 e. The summed E-state index contributed by atoms with van der Waals surface area (Å²) in [5.74, 6) is -1.55. The Labute approximate surface area is 118 Å². The molecule has 0 aliphatic carbocycles. The van der Waals surface area contributed by atoms with Crippen molar-refractivity contribution >= 4 is 5.91 Å². The van der Waals surface area contributed by atoms with Gasteiger partial charge in [-0.05, 0) is 29.5 Å². The number of hydrogen-bond donors (Lipinski definition) is 1. The average Bonchev–Trinajstić information content (AvgIpc) is 2.31. The van der Waals surface area contributed by atoms with Crippen LogP contribution in [0.4, 0.5) is 8.78 Å². The number of likely N-dealkylation sites (N-methyl/N-ethyl adjacent to an activating group) is 1. The van der Waals surface area contributed by atoms with E-state index in [0.29, 0.717) is 12.0 Å². The number of carbonyl (C=O) groups is 1. The third-order valence-corrected chi connectivity index (χ3v) is 2.71. The molecule has 1 aromatic carbocycles. The van der Waals surface area contributed by atoms with Crippen molar-refractivity contribution < 1.29 is 18.3 Å². The molecule has 0 aliphatic heterocycles. The first kappa shape index (κ1) is 16.6. The number of amides is 1. The van der Waals surface area contributed by atoms with Crippen molar-refractivity contribution in [1.29, 1.82) is 0 Å². The summed E-state index contributed by atoms with van der Waals surface area (Å²) in [6.45, 7) is 5.97. The maximum absolute atomic E-state index is 13.1. The van der Waals surface area contributed by atoms with Crippen molar-refractivity contribution in [2.75, 3.05) is 7.05 Å². The van der Waals surface area contributed by atoms with Crippen LogP contribution in [0, 0.1) is 17.0 Å². The van der Waals surface area contributed by atoms with Crippen molar-refractivity contribution in [2.24, 2.45) is 5.41 Å². The molecule has 1 amide bonds. The smallest absolute Gasteiger partial charge is 0.248 e. The van der Waals surface area contributed by atoms with Gasteiger partial charge in [-0.15, -0.1) is 0 Å². The van der Waals surface area contributed by atoms with Gasteiger partial charge in [0, 0.05) is 13.1 Å². The Hall–Kier alpha value is -1.49. The van der Waals surface area contributed by atoms with Gasteiger partial charge in [0.05, 0.1) is 6.61 Å². The van der Waals surface area contributed by atoms with Crippen LogP contribution in [-0.4, -0.2) is 19.1 Å². The number of hydrogen-bond acceptors (Lipinski definition) is 2. The van der Waals surface area contributed by atoms with Crippen LogP contribution in [0.15, 0.2) is 18.2 Å². The van der Waals surface area contributed by atoms with Crippen LogP contribution < -0.4 is 5.32 Å². The Kier molecular flexibility index (Phi) is 5.62. The lowest BCUT2D eigenvalue weighted by molar-refractivity contribution is -0.135. The summed E-state index contributed by atoms with van der Waals surface area (Å²) in [6, 6.07) is 3.19. The van der Waals surface area contributed by atoms with Crippen LogP contribution >= 0.6 is 0 Å². The fourth-order valence-corrected chi connectivity index (χ4v) is 1.84. The summed E-state index contributed by atoms with van der Waals surface area (Å²) < 4.78 is 31.7. The Balaban J connectivity index is 2.73. The molecule has 0 saturated heterocycles. The summed E-state index contributed by atoms with van der Waals surface area (Å²) >= 11 is 0. The van der Waals surface area contributed by atoms with E-state index in [1.165, 1.54) is 19.2 Å². The first-order valence-corrected chi connectivity index (χ1v) is 6.49. The second-order valence-electron chi connectivity index (χ2n) is 5.96. The monoisotopic (exact) mass is 285 g/mol. The van der Waals surface area contributed by atoms with E-state index in [2.05, 4.69) is 5.32 Å². The molecule has 0 aromatic heterocycles. The Morgan fingerprint density at radius 3 is 2.25 bits per heavy atom. The molecule has 1 unspecified atom stereocenters. The Bertz CT molecular complexity index is 449. The minimum atomic E-state index is -0.657. The van der Waals surface area contributed by atoms with Crippen LogP contribution in [-0.2, 0) is 16.1 Å². The van der Waals surface area contributed by atoms with Gasteiger partial charge in [-0.2, -0.15) is 0 Å². The Morgan fingerprint density at radius 2 is 1.80 bits per heavy atom. The van der Waals surface area contributed by atoms with Crippen molar-refractivity contribution in [2.45, 2.75) is 39.9 Å². The van der Waals surface area contributed by atoms with E-state index in [1.807, 2.05) is 20.8 Å². The number of carbonyl (C=O) groups excluding carboxylic acids is 1. The highest BCUT2D eigenvalue weighted by Crippen LogP contribution is 2.23. The lowest BCUT2D eigenvalue weighted by Crippen LogP contribution is -2.36. The first-order valence-electron chi connectivity index (χ1n) is 6.49. The maximum atomic E-state index is 13.1. The van der Waals surface area contributed by atoms with Gasteiger partial charge < -0.3 is 10.1 Å². The van der Waals surface area contributed by atoms with Gasteiger partial charge in [-0.1, -0.05) is 20.8 Å². The molecular weight excluding hydrogens is 264 g/mol. The number of halogens is 2. The van der Waals surface area contributed by atoms with Gasteiger partial charge in [0.1, 0.15) is 17.7 Å². The SMILES string of the molecule is CNC(=O)C(CC(C)(C)C)OCc1cc(F)cc(F)c1. The Morgan fingerprint density at radius 1 is 1.25 bits per heavy atom. The highest BCUT2D eigenvalue weighted by atomic mass is 19.1. The molecule has 112 valence electrons. The van der Waals surface area contributed by atoms with E-state index < -0.39 is 17.7 Å². The molecular formula is C15H21F2NO2. The summed E-state index contributed by atoms with van der Waals surface area (Å²) in [7, 11) is 1.53. The summed E-state index contributed by atoms with van der Waals surface area (Å²) in [5, 5.41) is 2.53. The summed E-state index contributed by atoms with van der Waals surface area (Å²) in [4.78, 5) is 11.8. The zero-order chi connectivity index (χ0) is 15.3. The van der Waals surface area contributed by atoms with Crippen LogP contribution in [0.1, 0.15) is 32.8 Å². The first-order chi connectivity index (χ1) is 9.21. The fraction of sp³-hybridized carbons (Fsp3) is 0.533. The van der Waals surface area contributed by atoms with Gasteiger partial charge in [0.15, 0.2) is 0 Å². The highest BCUT2D eigenvalue weighted by molar-refractivity contribution is 5.80. The van der Waals surface area contributed by atoms with Crippen LogP contribution in [0.25, 0.3) is 0 Å². The fourth-order valence-electron chi connectivity index (χ4n) is 1.84. The average molecular weight is 285 g/mol. The molecule has 1 aromatic rings.